The molecule has 0 saturated carbocycles. The largest absolute Gasteiger partial charge is 0.378 e. The van der Waals surface area contributed by atoms with Crippen molar-refractivity contribution in [2.75, 3.05) is 0 Å². The first-order valence-corrected chi connectivity index (χ1v) is 8.30. The second-order valence-corrected chi connectivity index (χ2v) is 6.66. The molecule has 0 unspecified atom stereocenters. The molecule has 21 heavy (non-hydrogen) atoms. The molecule has 2 aromatic carbocycles. The summed E-state index contributed by atoms with van der Waals surface area (Å²) in [6.45, 7) is 0. The fraction of sp³-hybridized carbons (Fsp3) is 0. The molecule has 6 heteroatoms. The van der Waals surface area contributed by atoms with E-state index in [2.05, 4.69) is 20.9 Å². The van der Waals surface area contributed by atoms with E-state index in [-0.39, 0.29) is 10.6 Å². The molecule has 0 aliphatic heterocycles. The molecule has 4 nitrogen and oxygen atoms in total. The lowest BCUT2D eigenvalue weighted by Crippen LogP contribution is -2.10. The summed E-state index contributed by atoms with van der Waals surface area (Å²) < 4.78 is 30.2. The molecule has 0 bridgehead atoms. The molecule has 0 saturated heterocycles. The van der Waals surface area contributed by atoms with Crippen molar-refractivity contribution in [2.24, 2.45) is 0 Å². The van der Waals surface area contributed by atoms with Gasteiger partial charge in [0, 0.05) is 12.4 Å². The number of fused-ring (bicyclic) bond motifs is 1. The van der Waals surface area contributed by atoms with E-state index in [1.807, 2.05) is 30.3 Å². The van der Waals surface area contributed by atoms with Crippen molar-refractivity contribution in [1.82, 2.24) is 4.98 Å². The van der Waals surface area contributed by atoms with Gasteiger partial charge in [0.1, 0.15) is 4.90 Å². The van der Waals surface area contributed by atoms with Gasteiger partial charge in [-0.3, -0.25) is 4.98 Å². The molecule has 0 aliphatic carbocycles. The van der Waals surface area contributed by atoms with E-state index in [0.717, 1.165) is 10.8 Å². The second-order valence-electron chi connectivity index (χ2n) is 4.33. The van der Waals surface area contributed by atoms with E-state index in [4.69, 9.17) is 4.18 Å². The standard InChI is InChI=1S/C15H10BrNO3S/c16-15-13-6-2-1-4-11(13)7-8-14(15)20-21(18,19)12-5-3-9-17-10-12/h1-10H. The minimum absolute atomic E-state index is 0.0186. The van der Waals surface area contributed by atoms with E-state index in [9.17, 15) is 8.42 Å². The molecule has 0 fully saturated rings. The summed E-state index contributed by atoms with van der Waals surface area (Å²) in [5, 5.41) is 1.88. The smallest absolute Gasteiger partial charge is 0.340 e. The highest BCUT2D eigenvalue weighted by Crippen LogP contribution is 2.34. The lowest BCUT2D eigenvalue weighted by Gasteiger charge is -2.10. The van der Waals surface area contributed by atoms with Crippen LogP contribution in [0, 0.1) is 0 Å². The summed E-state index contributed by atoms with van der Waals surface area (Å²) >= 11 is 3.40. The molecule has 3 rings (SSSR count). The fourth-order valence-corrected chi connectivity index (χ4v) is 3.53. The molecule has 1 aromatic heterocycles. The summed E-state index contributed by atoms with van der Waals surface area (Å²) in [6.07, 6.45) is 2.76. The Bertz CT molecular complexity index is 895. The van der Waals surface area contributed by atoms with Crippen molar-refractivity contribution in [1.29, 1.82) is 0 Å². The summed E-state index contributed by atoms with van der Waals surface area (Å²) in [5.74, 6) is 0.248. The summed E-state index contributed by atoms with van der Waals surface area (Å²) in [5.41, 5.74) is 0. The SMILES string of the molecule is O=S(=O)(Oc1ccc2ccccc2c1Br)c1cccnc1. The molecule has 0 aliphatic rings. The molecular formula is C15H10BrNO3S. The predicted molar refractivity (Wildman–Crippen MR) is 83.7 cm³/mol. The van der Waals surface area contributed by atoms with Crippen LogP contribution in [0.2, 0.25) is 0 Å². The van der Waals surface area contributed by atoms with Crippen LogP contribution in [-0.4, -0.2) is 13.4 Å². The van der Waals surface area contributed by atoms with Crippen LogP contribution in [-0.2, 0) is 10.1 Å². The monoisotopic (exact) mass is 363 g/mol. The van der Waals surface area contributed by atoms with Crippen LogP contribution in [0.5, 0.6) is 5.75 Å². The van der Waals surface area contributed by atoms with Gasteiger partial charge in [0.05, 0.1) is 4.47 Å². The number of pyridine rings is 1. The molecular weight excluding hydrogens is 354 g/mol. The lowest BCUT2D eigenvalue weighted by molar-refractivity contribution is 0.484. The first kappa shape index (κ1) is 14.0. The van der Waals surface area contributed by atoms with Crippen molar-refractivity contribution >= 4 is 36.8 Å². The summed E-state index contributed by atoms with van der Waals surface area (Å²) in [7, 11) is -3.90. The number of hydrogen-bond acceptors (Lipinski definition) is 4. The zero-order chi connectivity index (χ0) is 14.9. The number of nitrogens with zero attached hydrogens (tertiary/aromatic N) is 1. The summed E-state index contributed by atoms with van der Waals surface area (Å²) in [6, 6.07) is 14.1. The number of halogens is 1. The molecule has 0 spiro atoms. The van der Waals surface area contributed by atoms with Gasteiger partial charge in [0.15, 0.2) is 5.75 Å². The minimum Gasteiger partial charge on any atom is -0.378 e. The van der Waals surface area contributed by atoms with E-state index in [0.29, 0.717) is 4.47 Å². The zero-order valence-corrected chi connectivity index (χ0v) is 13.1. The molecule has 1 heterocycles. The van der Waals surface area contributed by atoms with Crippen LogP contribution in [0.3, 0.4) is 0 Å². The first-order chi connectivity index (χ1) is 10.1. The van der Waals surface area contributed by atoms with Crippen LogP contribution in [0.15, 0.2) is 70.3 Å². The number of rotatable bonds is 3. The van der Waals surface area contributed by atoms with Crippen molar-refractivity contribution in [3.05, 3.63) is 65.4 Å². The highest BCUT2D eigenvalue weighted by atomic mass is 79.9. The number of hydrogen-bond donors (Lipinski definition) is 0. The van der Waals surface area contributed by atoms with Gasteiger partial charge in [-0.2, -0.15) is 8.42 Å². The third-order valence-electron chi connectivity index (χ3n) is 2.95. The Morgan fingerprint density at radius 2 is 1.81 bits per heavy atom. The van der Waals surface area contributed by atoms with Crippen molar-refractivity contribution in [3.63, 3.8) is 0 Å². The van der Waals surface area contributed by atoms with Crippen LogP contribution < -0.4 is 4.18 Å². The second kappa shape index (κ2) is 5.46. The Balaban J connectivity index is 2.05. The van der Waals surface area contributed by atoms with Crippen LogP contribution in [0.4, 0.5) is 0 Å². The van der Waals surface area contributed by atoms with E-state index < -0.39 is 10.1 Å². The van der Waals surface area contributed by atoms with Gasteiger partial charge in [-0.25, -0.2) is 0 Å². The van der Waals surface area contributed by atoms with E-state index >= 15 is 0 Å². The van der Waals surface area contributed by atoms with Crippen molar-refractivity contribution in [2.45, 2.75) is 4.90 Å². The van der Waals surface area contributed by atoms with Gasteiger partial charge in [0.25, 0.3) is 0 Å². The molecule has 0 radical (unpaired) electrons. The number of aromatic nitrogens is 1. The minimum atomic E-state index is -3.90. The average Bonchev–Trinajstić information content (AvgIpc) is 2.51. The van der Waals surface area contributed by atoms with Gasteiger partial charge in [-0.05, 0) is 44.9 Å². The Morgan fingerprint density at radius 1 is 1.00 bits per heavy atom. The maximum Gasteiger partial charge on any atom is 0.340 e. The third kappa shape index (κ3) is 2.77. The van der Waals surface area contributed by atoms with Gasteiger partial charge >= 0.3 is 10.1 Å². The van der Waals surface area contributed by atoms with E-state index in [1.54, 1.807) is 12.1 Å². The van der Waals surface area contributed by atoms with Gasteiger partial charge in [-0.15, -0.1) is 0 Å². The van der Waals surface area contributed by atoms with Gasteiger partial charge < -0.3 is 4.18 Å². The molecule has 0 amide bonds. The lowest BCUT2D eigenvalue weighted by atomic mass is 10.1. The van der Waals surface area contributed by atoms with Crippen LogP contribution in [0.1, 0.15) is 0 Å². The van der Waals surface area contributed by atoms with Crippen molar-refractivity contribution < 1.29 is 12.6 Å². The highest BCUT2D eigenvalue weighted by molar-refractivity contribution is 9.10. The summed E-state index contributed by atoms with van der Waals surface area (Å²) in [4.78, 5) is 3.81. The highest BCUT2D eigenvalue weighted by Gasteiger charge is 2.19. The Morgan fingerprint density at radius 3 is 2.57 bits per heavy atom. The molecule has 3 aromatic rings. The Kier molecular flexibility index (Phi) is 3.65. The topological polar surface area (TPSA) is 56.3 Å². The van der Waals surface area contributed by atoms with Gasteiger partial charge in [0.2, 0.25) is 0 Å². The first-order valence-electron chi connectivity index (χ1n) is 6.10. The normalized spacial score (nSPS) is 11.5. The Hall–Kier alpha value is -1.92. The van der Waals surface area contributed by atoms with Crippen molar-refractivity contribution in [3.8, 4) is 5.75 Å². The quantitative estimate of drug-likeness (QED) is 0.664. The number of benzene rings is 2. The van der Waals surface area contributed by atoms with E-state index in [1.165, 1.54) is 18.5 Å². The molecule has 0 N–H and O–H groups in total. The maximum atomic E-state index is 12.2. The fourth-order valence-electron chi connectivity index (χ4n) is 1.94. The third-order valence-corrected chi connectivity index (χ3v) is 4.99. The van der Waals surface area contributed by atoms with Gasteiger partial charge in [-0.1, -0.05) is 30.3 Å². The zero-order valence-electron chi connectivity index (χ0n) is 10.7. The molecule has 106 valence electrons. The average molecular weight is 364 g/mol. The maximum absolute atomic E-state index is 12.2. The van der Waals surface area contributed by atoms with Crippen LogP contribution in [0.25, 0.3) is 10.8 Å². The van der Waals surface area contributed by atoms with Crippen LogP contribution >= 0.6 is 15.9 Å². The predicted octanol–water partition coefficient (Wildman–Crippen LogP) is 3.77. The Labute approximate surface area is 130 Å². The molecule has 0 atom stereocenters.